The molecule has 1 aromatic carbocycles. The molecular formula is C12H12F2N2OS. The summed E-state index contributed by atoms with van der Waals surface area (Å²) in [7, 11) is 0. The Kier molecular flexibility index (Phi) is 4.22. The number of aromatic nitrogens is 1. The molecule has 6 heteroatoms. The lowest BCUT2D eigenvalue weighted by molar-refractivity contribution is -0.0498. The lowest BCUT2D eigenvalue weighted by atomic mass is 10.0. The number of ether oxygens (including phenoxy) is 1. The summed E-state index contributed by atoms with van der Waals surface area (Å²) in [6, 6.07) is 6.21. The zero-order chi connectivity index (χ0) is 13.0. The lowest BCUT2D eigenvalue weighted by Gasteiger charge is -2.12. The molecule has 0 spiro atoms. The topological polar surface area (TPSA) is 48.1 Å². The van der Waals surface area contributed by atoms with E-state index < -0.39 is 6.61 Å². The summed E-state index contributed by atoms with van der Waals surface area (Å²) in [4.78, 5) is 5.02. The van der Waals surface area contributed by atoms with E-state index >= 15 is 0 Å². The van der Waals surface area contributed by atoms with Gasteiger partial charge in [0.05, 0.1) is 5.51 Å². The van der Waals surface area contributed by atoms with Crippen LogP contribution in [0.5, 0.6) is 5.75 Å². The van der Waals surface area contributed by atoms with Gasteiger partial charge in [0.2, 0.25) is 0 Å². The Labute approximate surface area is 107 Å². The van der Waals surface area contributed by atoms with Crippen molar-refractivity contribution < 1.29 is 13.5 Å². The summed E-state index contributed by atoms with van der Waals surface area (Å²) < 4.78 is 28.5. The molecule has 2 N–H and O–H groups in total. The molecule has 0 saturated heterocycles. The van der Waals surface area contributed by atoms with Crippen LogP contribution in [0.4, 0.5) is 8.78 Å². The van der Waals surface area contributed by atoms with Crippen molar-refractivity contribution in [3.8, 4) is 5.75 Å². The number of hydrogen-bond acceptors (Lipinski definition) is 4. The van der Waals surface area contributed by atoms with Crippen LogP contribution in [0.25, 0.3) is 0 Å². The van der Waals surface area contributed by atoms with Gasteiger partial charge in [-0.1, -0.05) is 12.1 Å². The van der Waals surface area contributed by atoms with Crippen molar-refractivity contribution in [2.75, 3.05) is 0 Å². The van der Waals surface area contributed by atoms with Gasteiger partial charge in [0.15, 0.2) is 0 Å². The van der Waals surface area contributed by atoms with Crippen LogP contribution in [0.3, 0.4) is 0 Å². The van der Waals surface area contributed by atoms with Crippen LogP contribution in [0, 0.1) is 0 Å². The van der Waals surface area contributed by atoms with Crippen molar-refractivity contribution >= 4 is 11.3 Å². The predicted molar refractivity (Wildman–Crippen MR) is 65.8 cm³/mol. The Morgan fingerprint density at radius 1 is 1.39 bits per heavy atom. The van der Waals surface area contributed by atoms with Crippen molar-refractivity contribution in [3.05, 3.63) is 46.4 Å². The van der Waals surface area contributed by atoms with Gasteiger partial charge in [-0.25, -0.2) is 0 Å². The van der Waals surface area contributed by atoms with Crippen molar-refractivity contribution in [2.24, 2.45) is 5.73 Å². The first-order chi connectivity index (χ1) is 8.65. The molecule has 1 aromatic heterocycles. The zero-order valence-corrected chi connectivity index (χ0v) is 10.2. The molecule has 0 saturated carbocycles. The largest absolute Gasteiger partial charge is 0.435 e. The summed E-state index contributed by atoms with van der Waals surface area (Å²) >= 11 is 1.52. The second-order valence-electron chi connectivity index (χ2n) is 3.73. The highest BCUT2D eigenvalue weighted by Gasteiger charge is 2.10. The van der Waals surface area contributed by atoms with E-state index in [1.165, 1.54) is 23.5 Å². The Morgan fingerprint density at radius 2 is 2.22 bits per heavy atom. The van der Waals surface area contributed by atoms with Gasteiger partial charge in [-0.15, -0.1) is 11.3 Å². The van der Waals surface area contributed by atoms with E-state index in [2.05, 4.69) is 9.72 Å². The molecule has 3 nitrogen and oxygen atoms in total. The average Bonchev–Trinajstić information content (AvgIpc) is 2.81. The molecule has 1 unspecified atom stereocenters. The second-order valence-corrected chi connectivity index (χ2v) is 4.70. The molecule has 1 heterocycles. The molecule has 96 valence electrons. The first-order valence-electron chi connectivity index (χ1n) is 5.33. The third-order valence-corrected chi connectivity index (χ3v) is 3.22. The van der Waals surface area contributed by atoms with E-state index in [-0.39, 0.29) is 11.8 Å². The molecule has 2 rings (SSSR count). The van der Waals surface area contributed by atoms with Gasteiger partial charge in [0, 0.05) is 23.5 Å². The number of nitrogens with zero attached hydrogens (tertiary/aromatic N) is 1. The standard InChI is InChI=1S/C12H12F2N2OS/c13-12(14)17-9-3-1-2-8(4-9)11(15)5-10-6-16-7-18-10/h1-4,6-7,11-12H,5,15H2. The third kappa shape index (κ3) is 3.48. The predicted octanol–water partition coefficient (Wildman–Crippen LogP) is 2.99. The van der Waals surface area contributed by atoms with E-state index in [0.29, 0.717) is 6.42 Å². The van der Waals surface area contributed by atoms with Gasteiger partial charge in [-0.05, 0) is 17.7 Å². The van der Waals surface area contributed by atoms with E-state index in [1.54, 1.807) is 23.8 Å². The number of nitrogens with two attached hydrogens (primary N) is 1. The normalized spacial score (nSPS) is 12.7. The fourth-order valence-corrected chi connectivity index (χ4v) is 2.25. The van der Waals surface area contributed by atoms with E-state index in [0.717, 1.165) is 10.4 Å². The molecule has 0 amide bonds. The Hall–Kier alpha value is -1.53. The molecule has 0 fully saturated rings. The minimum absolute atomic E-state index is 0.127. The molecule has 0 aliphatic carbocycles. The quantitative estimate of drug-likeness (QED) is 0.908. The van der Waals surface area contributed by atoms with Gasteiger partial charge < -0.3 is 10.5 Å². The van der Waals surface area contributed by atoms with Crippen LogP contribution < -0.4 is 10.5 Å². The summed E-state index contributed by atoms with van der Waals surface area (Å²) in [6.45, 7) is -2.82. The van der Waals surface area contributed by atoms with E-state index in [4.69, 9.17) is 5.73 Å². The first-order valence-corrected chi connectivity index (χ1v) is 6.21. The molecule has 0 radical (unpaired) electrons. The molecule has 0 aliphatic rings. The van der Waals surface area contributed by atoms with Gasteiger partial charge in [0.25, 0.3) is 0 Å². The van der Waals surface area contributed by atoms with Crippen LogP contribution in [-0.2, 0) is 6.42 Å². The highest BCUT2D eigenvalue weighted by Crippen LogP contribution is 2.23. The Morgan fingerprint density at radius 3 is 2.89 bits per heavy atom. The Bertz CT molecular complexity index is 491. The van der Waals surface area contributed by atoms with Gasteiger partial charge in [-0.2, -0.15) is 8.78 Å². The highest BCUT2D eigenvalue weighted by molar-refractivity contribution is 7.09. The van der Waals surface area contributed by atoms with Crippen molar-refractivity contribution in [1.29, 1.82) is 0 Å². The monoisotopic (exact) mass is 270 g/mol. The van der Waals surface area contributed by atoms with Crippen molar-refractivity contribution in [2.45, 2.75) is 19.1 Å². The van der Waals surface area contributed by atoms with Crippen molar-refractivity contribution in [1.82, 2.24) is 4.98 Å². The zero-order valence-electron chi connectivity index (χ0n) is 9.42. The van der Waals surface area contributed by atoms with Crippen molar-refractivity contribution in [3.63, 3.8) is 0 Å². The maximum absolute atomic E-state index is 12.1. The fourth-order valence-electron chi connectivity index (χ4n) is 1.60. The van der Waals surface area contributed by atoms with Crippen LogP contribution in [-0.4, -0.2) is 11.6 Å². The smallest absolute Gasteiger partial charge is 0.387 e. The maximum Gasteiger partial charge on any atom is 0.387 e. The molecular weight excluding hydrogens is 258 g/mol. The number of halogens is 2. The number of benzene rings is 1. The van der Waals surface area contributed by atoms with E-state index in [1.807, 2.05) is 0 Å². The molecule has 0 aliphatic heterocycles. The van der Waals surface area contributed by atoms with Gasteiger partial charge >= 0.3 is 6.61 Å². The molecule has 2 aromatic rings. The average molecular weight is 270 g/mol. The van der Waals surface area contributed by atoms with E-state index in [9.17, 15) is 8.78 Å². The van der Waals surface area contributed by atoms with Crippen LogP contribution in [0.1, 0.15) is 16.5 Å². The highest BCUT2D eigenvalue weighted by atomic mass is 32.1. The molecule has 18 heavy (non-hydrogen) atoms. The molecule has 1 atom stereocenters. The number of hydrogen-bond donors (Lipinski definition) is 1. The van der Waals surface area contributed by atoms with Gasteiger partial charge in [0.1, 0.15) is 5.75 Å². The third-order valence-electron chi connectivity index (χ3n) is 2.42. The summed E-state index contributed by atoms with van der Waals surface area (Å²) in [6.07, 6.45) is 2.38. The Balaban J connectivity index is 2.07. The maximum atomic E-state index is 12.1. The number of thiazole rings is 1. The van der Waals surface area contributed by atoms with Gasteiger partial charge in [-0.3, -0.25) is 4.98 Å². The first kappa shape index (κ1) is 12.9. The minimum Gasteiger partial charge on any atom is -0.435 e. The number of alkyl halides is 2. The minimum atomic E-state index is -2.82. The SMILES string of the molecule is NC(Cc1cncs1)c1cccc(OC(F)F)c1. The van der Waals surface area contributed by atoms with Crippen LogP contribution >= 0.6 is 11.3 Å². The summed E-state index contributed by atoms with van der Waals surface area (Å²) in [5, 5.41) is 0. The molecule has 0 bridgehead atoms. The fraction of sp³-hybridized carbons (Fsp3) is 0.250. The lowest BCUT2D eigenvalue weighted by Crippen LogP contribution is -2.13. The number of rotatable bonds is 5. The summed E-state index contributed by atoms with van der Waals surface area (Å²) in [5.41, 5.74) is 8.52. The summed E-state index contributed by atoms with van der Waals surface area (Å²) in [5.74, 6) is 0.127. The van der Waals surface area contributed by atoms with Crippen LogP contribution in [0.2, 0.25) is 0 Å². The van der Waals surface area contributed by atoms with Crippen LogP contribution in [0.15, 0.2) is 36.0 Å². The second kappa shape index (κ2) is 5.88.